The third kappa shape index (κ3) is 1.43. The van der Waals surface area contributed by atoms with Crippen molar-refractivity contribution in [2.24, 2.45) is 0 Å². The van der Waals surface area contributed by atoms with Crippen LogP contribution in [0.5, 0.6) is 17.2 Å². The number of rotatable bonds is 0. The number of hydrogen-bond acceptors (Lipinski definition) is 5. The van der Waals surface area contributed by atoms with E-state index in [2.05, 4.69) is 9.97 Å². The molecule has 0 spiro atoms. The van der Waals surface area contributed by atoms with Crippen LogP contribution in [0.4, 0.5) is 0 Å². The number of H-pyrrole nitrogens is 1. The van der Waals surface area contributed by atoms with Gasteiger partial charge in [0.1, 0.15) is 5.65 Å². The van der Waals surface area contributed by atoms with Gasteiger partial charge in [-0.05, 0) is 18.2 Å². The Morgan fingerprint density at radius 2 is 1.56 bits per heavy atom. The SMILES string of the molecule is O=c1[nH]c2nc3cc(O)c(O)cc3cc2cc1O. The number of phenols is 2. The first-order valence-electron chi connectivity index (χ1n) is 5.13. The van der Waals surface area contributed by atoms with E-state index in [0.717, 1.165) is 0 Å². The highest BCUT2D eigenvalue weighted by atomic mass is 16.3. The van der Waals surface area contributed by atoms with Crippen molar-refractivity contribution in [2.75, 3.05) is 0 Å². The van der Waals surface area contributed by atoms with Gasteiger partial charge in [0.2, 0.25) is 0 Å². The lowest BCUT2D eigenvalue weighted by atomic mass is 10.1. The molecule has 1 aromatic carbocycles. The van der Waals surface area contributed by atoms with Crippen LogP contribution in [0.25, 0.3) is 21.9 Å². The van der Waals surface area contributed by atoms with E-state index in [-0.39, 0.29) is 11.5 Å². The Morgan fingerprint density at radius 3 is 2.33 bits per heavy atom. The maximum absolute atomic E-state index is 11.3. The van der Waals surface area contributed by atoms with Gasteiger partial charge < -0.3 is 20.3 Å². The van der Waals surface area contributed by atoms with E-state index in [1.807, 2.05) is 0 Å². The summed E-state index contributed by atoms with van der Waals surface area (Å²) in [6.07, 6.45) is 0. The van der Waals surface area contributed by atoms with Gasteiger partial charge in [-0.3, -0.25) is 4.79 Å². The second kappa shape index (κ2) is 3.36. The van der Waals surface area contributed by atoms with E-state index in [4.69, 9.17) is 0 Å². The molecule has 0 aliphatic heterocycles. The van der Waals surface area contributed by atoms with Gasteiger partial charge >= 0.3 is 0 Å². The van der Waals surface area contributed by atoms with Crippen molar-refractivity contribution in [3.63, 3.8) is 0 Å². The van der Waals surface area contributed by atoms with Gasteiger partial charge in [-0.15, -0.1) is 0 Å². The Bertz CT molecular complexity index is 839. The van der Waals surface area contributed by atoms with E-state index in [9.17, 15) is 20.1 Å². The average molecular weight is 244 g/mol. The van der Waals surface area contributed by atoms with Crippen LogP contribution in [0.1, 0.15) is 0 Å². The molecule has 2 heterocycles. The average Bonchev–Trinajstić information content (AvgIpc) is 2.31. The third-order valence-corrected chi connectivity index (χ3v) is 2.70. The van der Waals surface area contributed by atoms with E-state index in [0.29, 0.717) is 21.9 Å². The first kappa shape index (κ1) is 10.4. The number of aromatic amines is 1. The molecule has 0 fully saturated rings. The standard InChI is InChI=1S/C12H8N2O4/c15-8-2-5-1-6-3-10(17)12(18)14-11(6)13-7(5)4-9(8)16/h1-4,15-17H,(H,13,14,18). The van der Waals surface area contributed by atoms with Gasteiger partial charge in [-0.25, -0.2) is 4.98 Å². The molecule has 0 bridgehead atoms. The van der Waals surface area contributed by atoms with Crippen LogP contribution in [0, 0.1) is 0 Å². The van der Waals surface area contributed by atoms with Crippen LogP contribution < -0.4 is 5.56 Å². The van der Waals surface area contributed by atoms with E-state index < -0.39 is 11.3 Å². The monoisotopic (exact) mass is 244 g/mol. The summed E-state index contributed by atoms with van der Waals surface area (Å²) in [6, 6.07) is 5.60. The van der Waals surface area contributed by atoms with E-state index in [1.165, 1.54) is 18.2 Å². The molecule has 0 aliphatic carbocycles. The quantitative estimate of drug-likeness (QED) is 0.351. The predicted molar refractivity (Wildman–Crippen MR) is 64.9 cm³/mol. The first-order valence-corrected chi connectivity index (χ1v) is 5.13. The Morgan fingerprint density at radius 1 is 0.889 bits per heavy atom. The minimum atomic E-state index is -0.627. The molecule has 90 valence electrons. The van der Waals surface area contributed by atoms with Crippen molar-refractivity contribution < 1.29 is 15.3 Å². The summed E-state index contributed by atoms with van der Waals surface area (Å²) in [5.41, 5.74) is 0.104. The Kier molecular flexibility index (Phi) is 1.94. The molecular weight excluding hydrogens is 236 g/mol. The molecule has 2 aromatic heterocycles. The maximum atomic E-state index is 11.3. The smallest absolute Gasteiger partial charge is 0.291 e. The van der Waals surface area contributed by atoms with Crippen molar-refractivity contribution >= 4 is 21.9 Å². The summed E-state index contributed by atoms with van der Waals surface area (Å²) in [5.74, 6) is -0.931. The molecule has 0 unspecified atom stereocenters. The van der Waals surface area contributed by atoms with Crippen molar-refractivity contribution in [2.45, 2.75) is 0 Å². The molecule has 6 heteroatoms. The molecule has 0 atom stereocenters. The van der Waals surface area contributed by atoms with Gasteiger partial charge in [0.15, 0.2) is 17.2 Å². The highest BCUT2D eigenvalue weighted by molar-refractivity contribution is 5.92. The number of pyridine rings is 2. The summed E-state index contributed by atoms with van der Waals surface area (Å²) in [5, 5.41) is 29.2. The Hall–Kier alpha value is -2.76. The van der Waals surface area contributed by atoms with Crippen molar-refractivity contribution in [1.82, 2.24) is 9.97 Å². The molecule has 3 rings (SSSR count). The minimum absolute atomic E-state index is 0.253. The molecule has 18 heavy (non-hydrogen) atoms. The molecule has 3 aromatic rings. The minimum Gasteiger partial charge on any atom is -0.504 e. The number of benzene rings is 1. The van der Waals surface area contributed by atoms with Crippen LogP contribution in [0.15, 0.2) is 29.1 Å². The molecule has 0 amide bonds. The van der Waals surface area contributed by atoms with Crippen LogP contribution in [0.2, 0.25) is 0 Å². The number of aromatic hydroxyl groups is 3. The van der Waals surface area contributed by atoms with Crippen LogP contribution in [0.3, 0.4) is 0 Å². The summed E-state index contributed by atoms with van der Waals surface area (Å²) in [6.45, 7) is 0. The molecule has 4 N–H and O–H groups in total. The molecule has 0 aliphatic rings. The highest BCUT2D eigenvalue weighted by Gasteiger charge is 2.07. The second-order valence-electron chi connectivity index (χ2n) is 3.94. The molecule has 6 nitrogen and oxygen atoms in total. The fourth-order valence-corrected chi connectivity index (χ4v) is 1.81. The van der Waals surface area contributed by atoms with Gasteiger partial charge in [0.25, 0.3) is 5.56 Å². The van der Waals surface area contributed by atoms with Crippen molar-refractivity contribution in [3.8, 4) is 17.2 Å². The largest absolute Gasteiger partial charge is 0.504 e. The van der Waals surface area contributed by atoms with Crippen LogP contribution in [-0.4, -0.2) is 25.3 Å². The fourth-order valence-electron chi connectivity index (χ4n) is 1.81. The Balaban J connectivity index is 2.47. The molecule has 0 saturated heterocycles. The summed E-state index contributed by atoms with van der Waals surface area (Å²) >= 11 is 0. The van der Waals surface area contributed by atoms with Gasteiger partial charge in [0, 0.05) is 16.8 Å². The number of nitrogens with one attached hydrogen (secondary N) is 1. The zero-order valence-corrected chi connectivity index (χ0v) is 9.01. The highest BCUT2D eigenvalue weighted by Crippen LogP contribution is 2.30. The van der Waals surface area contributed by atoms with Gasteiger partial charge in [-0.1, -0.05) is 0 Å². The van der Waals surface area contributed by atoms with Crippen LogP contribution >= 0.6 is 0 Å². The summed E-state index contributed by atoms with van der Waals surface area (Å²) < 4.78 is 0. The zero-order chi connectivity index (χ0) is 12.9. The molecule has 0 saturated carbocycles. The van der Waals surface area contributed by atoms with E-state index in [1.54, 1.807) is 6.07 Å². The first-order chi connectivity index (χ1) is 8.54. The maximum Gasteiger partial charge on any atom is 0.291 e. The number of hydrogen-bond donors (Lipinski definition) is 4. The molecular formula is C12H8N2O4. The zero-order valence-electron chi connectivity index (χ0n) is 9.01. The van der Waals surface area contributed by atoms with Gasteiger partial charge in [0.05, 0.1) is 5.52 Å². The van der Waals surface area contributed by atoms with Gasteiger partial charge in [-0.2, -0.15) is 0 Å². The van der Waals surface area contributed by atoms with Crippen LogP contribution in [-0.2, 0) is 0 Å². The second-order valence-corrected chi connectivity index (χ2v) is 3.94. The van der Waals surface area contributed by atoms with Crippen molar-refractivity contribution in [1.29, 1.82) is 0 Å². The number of nitrogens with zero attached hydrogens (tertiary/aromatic N) is 1. The topological polar surface area (TPSA) is 106 Å². The fraction of sp³-hybridized carbons (Fsp3) is 0. The predicted octanol–water partition coefficient (Wildman–Crippen LogP) is 1.19. The summed E-state index contributed by atoms with van der Waals surface area (Å²) in [7, 11) is 0. The van der Waals surface area contributed by atoms with E-state index >= 15 is 0 Å². The third-order valence-electron chi connectivity index (χ3n) is 2.70. The summed E-state index contributed by atoms with van der Waals surface area (Å²) in [4.78, 5) is 17.8. The number of phenolic OH excluding ortho intramolecular Hbond substituents is 2. The normalized spacial score (nSPS) is 11.1. The lowest BCUT2D eigenvalue weighted by Crippen LogP contribution is -2.05. The van der Waals surface area contributed by atoms with Crippen molar-refractivity contribution in [3.05, 3.63) is 34.6 Å². The number of aromatic nitrogens is 2. The lowest BCUT2D eigenvalue weighted by molar-refractivity contribution is 0.405. The molecule has 0 radical (unpaired) electrons. The lowest BCUT2D eigenvalue weighted by Gasteiger charge is -2.04. The number of fused-ring (bicyclic) bond motifs is 2. The Labute approximate surface area is 99.8 Å².